The highest BCUT2D eigenvalue weighted by molar-refractivity contribution is 6.47. The molecule has 0 saturated carbocycles. The number of benzene rings is 2. The number of carbonyl (C=O) groups is 1. The molecule has 1 unspecified atom stereocenters. The summed E-state index contributed by atoms with van der Waals surface area (Å²) in [6, 6.07) is 19.9. The largest absolute Gasteiger partial charge is 0.398 e. The minimum atomic E-state index is -0.339. The Kier molecular flexibility index (Phi) is 7.10. The van der Waals surface area contributed by atoms with Crippen molar-refractivity contribution in [3.05, 3.63) is 83.6 Å². The topological polar surface area (TPSA) is 78.5 Å². The lowest BCUT2D eigenvalue weighted by atomic mass is 9.92. The molecule has 0 spiro atoms. The van der Waals surface area contributed by atoms with Gasteiger partial charge in [0.2, 0.25) is 17.5 Å². The zero-order valence-corrected chi connectivity index (χ0v) is 20.6. The summed E-state index contributed by atoms with van der Waals surface area (Å²) in [5.74, 6) is 0.274. The number of hydrogen-bond donors (Lipinski definition) is 1. The van der Waals surface area contributed by atoms with Crippen LogP contribution in [0.3, 0.4) is 0 Å². The van der Waals surface area contributed by atoms with Crippen molar-refractivity contribution in [2.45, 2.75) is 33.2 Å². The molecule has 2 aromatic rings. The Bertz CT molecular complexity index is 1220. The van der Waals surface area contributed by atoms with E-state index in [9.17, 15) is 4.79 Å². The van der Waals surface area contributed by atoms with Crippen molar-refractivity contribution in [3.63, 3.8) is 0 Å². The molecule has 180 valence electrons. The molecule has 1 N–H and O–H groups in total. The van der Waals surface area contributed by atoms with Gasteiger partial charge in [0.15, 0.2) is 5.71 Å². The van der Waals surface area contributed by atoms with Crippen LogP contribution in [0.1, 0.15) is 27.2 Å². The maximum atomic E-state index is 12.4. The first-order valence-corrected chi connectivity index (χ1v) is 11.5. The summed E-state index contributed by atoms with van der Waals surface area (Å²) in [6.07, 6.45) is 2.65. The van der Waals surface area contributed by atoms with Crippen LogP contribution in [0, 0.1) is 0 Å². The number of nitrogens with one attached hydrogen (secondary N) is 1. The van der Waals surface area contributed by atoms with Crippen LogP contribution in [0.15, 0.2) is 93.9 Å². The molecule has 0 saturated heterocycles. The van der Waals surface area contributed by atoms with Gasteiger partial charge in [0.25, 0.3) is 5.91 Å². The van der Waals surface area contributed by atoms with Gasteiger partial charge in [-0.15, -0.1) is 0 Å². The number of fused-ring (bicyclic) bond motifs is 2. The number of oxime groups is 1. The molecule has 2 aromatic carbocycles. The first-order chi connectivity index (χ1) is 16.9. The van der Waals surface area contributed by atoms with Crippen LogP contribution in [0.5, 0.6) is 0 Å². The van der Waals surface area contributed by atoms with Gasteiger partial charge in [-0.1, -0.05) is 41.6 Å². The van der Waals surface area contributed by atoms with Crippen LogP contribution in [0.4, 0.5) is 11.4 Å². The number of hydroxylamine groups is 1. The van der Waals surface area contributed by atoms with Crippen molar-refractivity contribution in [1.82, 2.24) is 5.32 Å². The fraction of sp³-hybridized carbons (Fsp3) is 0.259. The molecule has 8 heteroatoms. The van der Waals surface area contributed by atoms with Crippen molar-refractivity contribution in [2.75, 3.05) is 19.2 Å². The third kappa shape index (κ3) is 4.87. The SMILES string of the molecule is CNC(=O)C(=NOC)C1=CC2=[N+](C(C)C(C)=NN(c3ccccc3)c3ccccc3)OC1=C(C)C2. The lowest BCUT2D eigenvalue weighted by molar-refractivity contribution is -0.787. The fourth-order valence-electron chi connectivity index (χ4n) is 4.03. The predicted molar refractivity (Wildman–Crippen MR) is 138 cm³/mol. The third-order valence-electron chi connectivity index (χ3n) is 5.96. The second kappa shape index (κ2) is 10.4. The Labute approximate surface area is 205 Å². The van der Waals surface area contributed by atoms with E-state index >= 15 is 0 Å². The van der Waals surface area contributed by atoms with Crippen LogP contribution in [0.25, 0.3) is 0 Å². The number of carbonyl (C=O) groups excluding carboxylic acids is 1. The predicted octanol–water partition coefficient (Wildman–Crippen LogP) is 4.34. The van der Waals surface area contributed by atoms with Gasteiger partial charge < -0.3 is 10.2 Å². The molecule has 1 amide bonds. The van der Waals surface area contributed by atoms with Gasteiger partial charge in [-0.3, -0.25) is 4.79 Å². The summed E-state index contributed by atoms with van der Waals surface area (Å²) in [6.45, 7) is 6.03. The molecule has 1 atom stereocenters. The summed E-state index contributed by atoms with van der Waals surface area (Å²) >= 11 is 0. The van der Waals surface area contributed by atoms with Gasteiger partial charge in [-0.2, -0.15) is 5.10 Å². The minimum absolute atomic E-state index is 0.163. The van der Waals surface area contributed by atoms with Crippen molar-refractivity contribution in [1.29, 1.82) is 0 Å². The van der Waals surface area contributed by atoms with Crippen molar-refractivity contribution >= 4 is 34.4 Å². The molecule has 2 heterocycles. The van der Waals surface area contributed by atoms with Gasteiger partial charge in [-0.25, -0.2) is 9.85 Å². The van der Waals surface area contributed by atoms with Gasteiger partial charge in [0, 0.05) is 20.0 Å². The number of nitrogens with zero attached hydrogens (tertiary/aromatic N) is 4. The number of hydrazone groups is 1. The van der Waals surface area contributed by atoms with Crippen molar-refractivity contribution in [3.8, 4) is 0 Å². The average molecular weight is 473 g/mol. The lowest BCUT2D eigenvalue weighted by Crippen LogP contribution is -2.42. The molecular formula is C27H30N5O3+. The molecule has 35 heavy (non-hydrogen) atoms. The fourth-order valence-corrected chi connectivity index (χ4v) is 4.03. The quantitative estimate of drug-likeness (QED) is 0.352. The highest BCUT2D eigenvalue weighted by Gasteiger charge is 2.41. The summed E-state index contributed by atoms with van der Waals surface area (Å²) in [5, 5.41) is 13.5. The van der Waals surface area contributed by atoms with Crippen LogP contribution in [-0.4, -0.2) is 48.0 Å². The first kappa shape index (κ1) is 23.9. The summed E-state index contributed by atoms with van der Waals surface area (Å²) in [7, 11) is 2.98. The molecule has 5 rings (SSSR count). The van der Waals surface area contributed by atoms with Crippen LogP contribution < -0.4 is 10.3 Å². The maximum Gasteiger partial charge on any atom is 0.273 e. The molecule has 0 radical (unpaired) electrons. The van der Waals surface area contributed by atoms with E-state index in [1.807, 2.05) is 97.3 Å². The highest BCUT2D eigenvalue weighted by atomic mass is 16.7. The summed E-state index contributed by atoms with van der Waals surface area (Å²) in [4.78, 5) is 23.6. The van der Waals surface area contributed by atoms with E-state index in [0.29, 0.717) is 17.8 Å². The second-order valence-corrected chi connectivity index (χ2v) is 8.35. The molecule has 0 fully saturated rings. The lowest BCUT2D eigenvalue weighted by Gasteiger charge is -2.26. The average Bonchev–Trinajstić information content (AvgIpc) is 2.90. The molecule has 2 aliphatic heterocycles. The Morgan fingerprint density at radius 3 is 2.23 bits per heavy atom. The van der Waals surface area contributed by atoms with Crippen molar-refractivity contribution in [2.24, 2.45) is 10.3 Å². The first-order valence-electron chi connectivity index (χ1n) is 11.5. The molecule has 2 bridgehead atoms. The number of anilines is 2. The van der Waals surface area contributed by atoms with Crippen LogP contribution in [0.2, 0.25) is 0 Å². The van der Waals surface area contributed by atoms with E-state index < -0.39 is 0 Å². The van der Waals surface area contributed by atoms with E-state index in [4.69, 9.17) is 14.8 Å². The highest BCUT2D eigenvalue weighted by Crippen LogP contribution is 2.32. The maximum absolute atomic E-state index is 12.4. The molecule has 8 nitrogen and oxygen atoms in total. The molecular weight excluding hydrogens is 442 g/mol. The number of hydrogen-bond acceptors (Lipinski definition) is 6. The second-order valence-electron chi connectivity index (χ2n) is 8.35. The van der Waals surface area contributed by atoms with Crippen LogP contribution in [-0.2, 0) is 14.5 Å². The zero-order valence-electron chi connectivity index (χ0n) is 20.6. The van der Waals surface area contributed by atoms with Crippen LogP contribution >= 0.6 is 0 Å². The molecule has 1 aliphatic carbocycles. The van der Waals surface area contributed by atoms with Gasteiger partial charge in [0.05, 0.1) is 23.4 Å². The van der Waals surface area contributed by atoms with Crippen molar-refractivity contribution < 1.29 is 19.2 Å². The normalized spacial score (nSPS) is 16.5. The van der Waals surface area contributed by atoms with Gasteiger partial charge in [-0.05, 0) is 48.4 Å². The number of rotatable bonds is 8. The molecule has 3 aliphatic rings. The summed E-state index contributed by atoms with van der Waals surface area (Å²) in [5.41, 5.74) is 5.53. The summed E-state index contributed by atoms with van der Waals surface area (Å²) < 4.78 is 1.85. The standard InChI is InChI=1S/C27H29N5O3/c1-18-16-23-17-24(25(30-34-5)27(33)28-4)26(18)35-32(23)20(3)19(2)29-31(21-12-8-6-9-13-21)22-14-10-7-11-15-22/h6-15,17,20H,16H2,1-5H3/p+1. The van der Waals surface area contributed by atoms with E-state index in [1.54, 1.807) is 7.05 Å². The monoisotopic (exact) mass is 472 g/mol. The number of para-hydroxylation sites is 2. The molecule has 0 aromatic heterocycles. The van der Waals surface area contributed by atoms with E-state index in [0.717, 1.165) is 28.4 Å². The van der Waals surface area contributed by atoms with Gasteiger partial charge >= 0.3 is 0 Å². The smallest absolute Gasteiger partial charge is 0.273 e. The Morgan fingerprint density at radius 2 is 1.71 bits per heavy atom. The number of allylic oxidation sites excluding steroid dienone is 3. The van der Waals surface area contributed by atoms with E-state index in [1.165, 1.54) is 7.11 Å². The number of amides is 1. The zero-order chi connectivity index (χ0) is 24.9. The third-order valence-corrected chi connectivity index (χ3v) is 5.96. The van der Waals surface area contributed by atoms with E-state index in [2.05, 4.69) is 10.5 Å². The van der Waals surface area contributed by atoms with E-state index in [-0.39, 0.29) is 17.7 Å². The minimum Gasteiger partial charge on any atom is -0.398 e. The van der Waals surface area contributed by atoms with Gasteiger partial charge in [0.1, 0.15) is 12.8 Å². The Hall–Kier alpha value is -4.20. The Morgan fingerprint density at radius 1 is 1.11 bits per heavy atom. The Balaban J connectivity index is 1.71.